The number of H-pyrrole nitrogens is 1. The number of nitrogens with zero attached hydrogens (tertiary/aromatic N) is 2. The van der Waals surface area contributed by atoms with Gasteiger partial charge in [0.1, 0.15) is 5.82 Å². The fourth-order valence-corrected chi connectivity index (χ4v) is 6.88. The van der Waals surface area contributed by atoms with E-state index >= 15 is 0 Å². The normalized spacial score (nSPS) is 14.8. The van der Waals surface area contributed by atoms with Gasteiger partial charge >= 0.3 is 5.97 Å². The van der Waals surface area contributed by atoms with Crippen molar-refractivity contribution in [3.05, 3.63) is 156 Å². The zero-order valence-corrected chi connectivity index (χ0v) is 25.4. The average molecular weight is 614 g/mol. The van der Waals surface area contributed by atoms with Crippen LogP contribution in [0.1, 0.15) is 35.2 Å². The number of aromatic nitrogens is 2. The van der Waals surface area contributed by atoms with Crippen molar-refractivity contribution in [2.24, 2.45) is 4.99 Å². The van der Waals surface area contributed by atoms with Gasteiger partial charge in [0.2, 0.25) is 0 Å². The average Bonchev–Trinajstić information content (AvgIpc) is 3.59. The number of thiazole rings is 1. The lowest BCUT2D eigenvalue weighted by Gasteiger charge is -2.25. The molecule has 0 saturated heterocycles. The minimum Gasteiger partial charge on any atom is -0.463 e. The SMILES string of the molecule is CCOC(=O)C1=C(c2ccccc2)N=c2s/c(=C\c3c(-c4ccccc4)[nH]c4c(C)cccc34)c(=O)n2[C@@H]1c1ccc(F)cc1. The number of nitrogens with one attached hydrogen (secondary N) is 1. The lowest BCUT2D eigenvalue weighted by Crippen LogP contribution is -2.40. The molecule has 6 aromatic rings. The molecule has 6 nitrogen and oxygen atoms in total. The molecule has 222 valence electrons. The molecule has 0 spiro atoms. The third-order valence-corrected chi connectivity index (χ3v) is 8.96. The van der Waals surface area contributed by atoms with Crippen molar-refractivity contribution < 1.29 is 13.9 Å². The molecule has 2 aromatic heterocycles. The second-order valence-corrected chi connectivity index (χ2v) is 11.8. The Morgan fingerprint density at radius 3 is 2.33 bits per heavy atom. The summed E-state index contributed by atoms with van der Waals surface area (Å²) in [7, 11) is 0. The topological polar surface area (TPSA) is 76.4 Å². The number of ether oxygens (including phenoxy) is 1. The second kappa shape index (κ2) is 11.6. The van der Waals surface area contributed by atoms with E-state index in [0.29, 0.717) is 26.2 Å². The number of hydrogen-bond acceptors (Lipinski definition) is 5. The molecule has 7 rings (SSSR count). The highest BCUT2D eigenvalue weighted by Crippen LogP contribution is 2.36. The molecule has 1 atom stereocenters. The maximum Gasteiger partial charge on any atom is 0.338 e. The minimum atomic E-state index is -0.878. The van der Waals surface area contributed by atoms with Crippen LogP contribution in [-0.4, -0.2) is 22.1 Å². The Labute approximate surface area is 262 Å². The van der Waals surface area contributed by atoms with Crippen LogP contribution >= 0.6 is 11.3 Å². The lowest BCUT2D eigenvalue weighted by atomic mass is 9.93. The zero-order valence-electron chi connectivity index (χ0n) is 24.6. The lowest BCUT2D eigenvalue weighted by molar-refractivity contribution is -0.138. The van der Waals surface area contributed by atoms with Crippen LogP contribution in [0.3, 0.4) is 0 Å². The van der Waals surface area contributed by atoms with Gasteiger partial charge in [-0.25, -0.2) is 14.2 Å². The van der Waals surface area contributed by atoms with Crippen molar-refractivity contribution in [1.82, 2.24) is 9.55 Å². The third kappa shape index (κ3) is 5.03. The maximum absolute atomic E-state index is 14.4. The largest absolute Gasteiger partial charge is 0.463 e. The smallest absolute Gasteiger partial charge is 0.338 e. The van der Waals surface area contributed by atoms with Crippen molar-refractivity contribution in [2.75, 3.05) is 6.61 Å². The van der Waals surface area contributed by atoms with Crippen molar-refractivity contribution in [2.45, 2.75) is 19.9 Å². The number of carbonyl (C=O) groups is 1. The Kier molecular flexibility index (Phi) is 7.35. The molecule has 0 amide bonds. The number of benzene rings is 4. The monoisotopic (exact) mass is 613 g/mol. The van der Waals surface area contributed by atoms with Gasteiger partial charge in [-0.15, -0.1) is 0 Å². The van der Waals surface area contributed by atoms with E-state index in [2.05, 4.69) is 18.0 Å². The highest BCUT2D eigenvalue weighted by atomic mass is 32.1. The Balaban J connectivity index is 1.54. The molecule has 0 bridgehead atoms. The van der Waals surface area contributed by atoms with Crippen molar-refractivity contribution >= 4 is 40.0 Å². The molecule has 1 aliphatic rings. The molecule has 1 N–H and O–H groups in total. The van der Waals surface area contributed by atoms with E-state index in [4.69, 9.17) is 9.73 Å². The first-order chi connectivity index (χ1) is 21.9. The van der Waals surface area contributed by atoms with Gasteiger partial charge in [-0.05, 0) is 48.7 Å². The quantitative estimate of drug-likeness (QED) is 0.217. The summed E-state index contributed by atoms with van der Waals surface area (Å²) in [6.07, 6.45) is 1.91. The van der Waals surface area contributed by atoms with E-state index in [-0.39, 0.29) is 17.7 Å². The summed E-state index contributed by atoms with van der Waals surface area (Å²) < 4.78 is 21.6. The molecule has 3 heterocycles. The number of esters is 1. The first-order valence-electron chi connectivity index (χ1n) is 14.6. The van der Waals surface area contributed by atoms with Gasteiger partial charge in [-0.1, -0.05) is 102 Å². The minimum absolute atomic E-state index is 0.146. The summed E-state index contributed by atoms with van der Waals surface area (Å²) in [5.41, 5.74) is 6.49. The summed E-state index contributed by atoms with van der Waals surface area (Å²) in [6, 6.07) is 30.4. The number of carbonyl (C=O) groups excluding carboxylic acids is 1. The molecule has 0 fully saturated rings. The van der Waals surface area contributed by atoms with Crippen LogP contribution in [0.2, 0.25) is 0 Å². The van der Waals surface area contributed by atoms with Crippen molar-refractivity contribution in [3.63, 3.8) is 0 Å². The number of aromatic amines is 1. The number of fused-ring (bicyclic) bond motifs is 2. The van der Waals surface area contributed by atoms with Gasteiger partial charge in [0.25, 0.3) is 5.56 Å². The van der Waals surface area contributed by atoms with Crippen LogP contribution in [0.4, 0.5) is 4.39 Å². The summed E-state index contributed by atoms with van der Waals surface area (Å²) in [5, 5.41) is 0.993. The molecule has 1 aliphatic heterocycles. The Morgan fingerprint density at radius 1 is 0.956 bits per heavy atom. The van der Waals surface area contributed by atoms with E-state index in [1.165, 1.54) is 28.0 Å². The van der Waals surface area contributed by atoms with Crippen LogP contribution in [-0.2, 0) is 9.53 Å². The van der Waals surface area contributed by atoms with Crippen LogP contribution in [0.15, 0.2) is 118 Å². The molecular weight excluding hydrogens is 585 g/mol. The van der Waals surface area contributed by atoms with Gasteiger partial charge in [-0.3, -0.25) is 9.36 Å². The van der Waals surface area contributed by atoms with Gasteiger partial charge < -0.3 is 9.72 Å². The van der Waals surface area contributed by atoms with Gasteiger partial charge in [0, 0.05) is 22.0 Å². The standard InChI is InChI=1S/C37H28FN3O3S/c1-3-44-36(43)30-33(24-14-8-5-9-15-24)40-37-41(34(30)25-17-19-26(38)20-18-25)35(42)29(45-37)21-28-27-16-10-11-22(2)31(27)39-32(28)23-12-6-4-7-13-23/h4-21,34,39H,3H2,1-2H3/b29-21-/t34-/m1/s1. The van der Waals surface area contributed by atoms with Gasteiger partial charge in [-0.2, -0.15) is 0 Å². The van der Waals surface area contributed by atoms with E-state index in [1.807, 2.05) is 78.9 Å². The van der Waals surface area contributed by atoms with E-state index in [0.717, 1.165) is 33.3 Å². The Morgan fingerprint density at radius 2 is 1.64 bits per heavy atom. The number of hydrogen-bond donors (Lipinski definition) is 1. The number of halogens is 1. The fraction of sp³-hybridized carbons (Fsp3) is 0.108. The molecule has 0 radical (unpaired) electrons. The predicted octanol–water partition coefficient (Wildman–Crippen LogP) is 6.53. The summed E-state index contributed by atoms with van der Waals surface area (Å²) in [5.74, 6) is -0.999. The highest BCUT2D eigenvalue weighted by molar-refractivity contribution is 7.07. The molecular formula is C37H28FN3O3S. The van der Waals surface area contributed by atoms with E-state index in [1.54, 1.807) is 19.1 Å². The molecule has 45 heavy (non-hydrogen) atoms. The van der Waals surface area contributed by atoms with Gasteiger partial charge in [0.15, 0.2) is 4.80 Å². The molecule has 8 heteroatoms. The first-order valence-corrected chi connectivity index (χ1v) is 15.5. The summed E-state index contributed by atoms with van der Waals surface area (Å²) in [6.45, 7) is 3.93. The number of rotatable bonds is 6. The molecule has 0 aliphatic carbocycles. The summed E-state index contributed by atoms with van der Waals surface area (Å²) >= 11 is 1.26. The fourth-order valence-electron chi connectivity index (χ4n) is 5.90. The highest BCUT2D eigenvalue weighted by Gasteiger charge is 2.35. The van der Waals surface area contributed by atoms with Crippen LogP contribution in [0, 0.1) is 12.7 Å². The predicted molar refractivity (Wildman–Crippen MR) is 176 cm³/mol. The second-order valence-electron chi connectivity index (χ2n) is 10.8. The van der Waals surface area contributed by atoms with Crippen LogP contribution in [0.5, 0.6) is 0 Å². The van der Waals surface area contributed by atoms with Crippen LogP contribution in [0.25, 0.3) is 33.9 Å². The molecule has 0 unspecified atom stereocenters. The first kappa shape index (κ1) is 28.4. The third-order valence-electron chi connectivity index (χ3n) is 7.98. The van der Waals surface area contributed by atoms with Crippen molar-refractivity contribution in [1.29, 1.82) is 0 Å². The molecule has 4 aromatic carbocycles. The summed E-state index contributed by atoms with van der Waals surface area (Å²) in [4.78, 5) is 37.0. The number of para-hydroxylation sites is 1. The van der Waals surface area contributed by atoms with E-state index in [9.17, 15) is 14.0 Å². The number of aryl methyl sites for hydroxylation is 1. The molecule has 0 saturated carbocycles. The Bertz CT molecular complexity index is 2280. The van der Waals surface area contributed by atoms with Crippen LogP contribution < -0.4 is 14.9 Å². The maximum atomic E-state index is 14.4. The zero-order chi connectivity index (χ0) is 31.1. The van der Waals surface area contributed by atoms with E-state index < -0.39 is 17.8 Å². The Hall–Kier alpha value is -5.34. The van der Waals surface area contributed by atoms with Crippen molar-refractivity contribution in [3.8, 4) is 11.3 Å². The van der Waals surface area contributed by atoms with Gasteiger partial charge in [0.05, 0.1) is 34.1 Å².